The van der Waals surface area contributed by atoms with Crippen LogP contribution in [0.25, 0.3) is 10.9 Å². The maximum Gasteiger partial charge on any atom is 0.337 e. The van der Waals surface area contributed by atoms with Gasteiger partial charge in [-0.05, 0) is 55.5 Å². The lowest BCUT2D eigenvalue weighted by Gasteiger charge is -2.12. The summed E-state index contributed by atoms with van der Waals surface area (Å²) >= 11 is 0. The number of phenols is 1. The van der Waals surface area contributed by atoms with Crippen molar-refractivity contribution in [1.82, 2.24) is 4.98 Å². The quantitative estimate of drug-likeness (QED) is 0.550. The highest BCUT2D eigenvalue weighted by molar-refractivity contribution is 5.99. The molecule has 0 aliphatic carbocycles. The van der Waals surface area contributed by atoms with Crippen molar-refractivity contribution in [3.63, 3.8) is 0 Å². The largest absolute Gasteiger partial charge is 0.508 e. The summed E-state index contributed by atoms with van der Waals surface area (Å²) in [5.41, 5.74) is 3.80. The van der Waals surface area contributed by atoms with Crippen LogP contribution in [0.1, 0.15) is 16.1 Å². The molecule has 1 heterocycles. The molecule has 0 amide bonds. The van der Waals surface area contributed by atoms with Gasteiger partial charge in [0.15, 0.2) is 0 Å². The van der Waals surface area contributed by atoms with Crippen LogP contribution in [0.5, 0.6) is 5.75 Å². The van der Waals surface area contributed by atoms with Crippen molar-refractivity contribution >= 4 is 40.7 Å². The molecule has 0 bridgehead atoms. The van der Waals surface area contributed by atoms with Crippen LogP contribution >= 0.6 is 12.4 Å². The first-order valence-corrected chi connectivity index (χ1v) is 7.12. The van der Waals surface area contributed by atoms with E-state index in [2.05, 4.69) is 10.3 Å². The Hall–Kier alpha value is -2.79. The molecule has 2 aromatic carbocycles. The zero-order valence-electron chi connectivity index (χ0n) is 13.2. The highest BCUT2D eigenvalue weighted by Gasteiger charge is 2.10. The number of anilines is 2. The first-order valence-electron chi connectivity index (χ1n) is 7.12. The Morgan fingerprint density at radius 2 is 1.83 bits per heavy atom. The second kappa shape index (κ2) is 7.19. The number of esters is 1. The average molecular weight is 345 g/mol. The number of rotatable bonds is 3. The minimum atomic E-state index is -0.386. The van der Waals surface area contributed by atoms with Gasteiger partial charge in [0.25, 0.3) is 0 Å². The number of hydrogen-bond donors (Lipinski definition) is 2. The van der Waals surface area contributed by atoms with E-state index in [4.69, 9.17) is 4.74 Å². The second-order valence-corrected chi connectivity index (χ2v) is 5.21. The zero-order valence-corrected chi connectivity index (χ0v) is 14.1. The van der Waals surface area contributed by atoms with Crippen molar-refractivity contribution < 1.29 is 14.6 Å². The Morgan fingerprint density at radius 1 is 1.12 bits per heavy atom. The van der Waals surface area contributed by atoms with Crippen LogP contribution in [0.4, 0.5) is 11.4 Å². The van der Waals surface area contributed by atoms with Gasteiger partial charge in [0, 0.05) is 22.5 Å². The lowest BCUT2D eigenvalue weighted by atomic mass is 10.1. The number of phenolic OH excluding ortho intramolecular Hbond substituents is 1. The number of aryl methyl sites for hydroxylation is 1. The smallest absolute Gasteiger partial charge is 0.337 e. The van der Waals surface area contributed by atoms with Gasteiger partial charge in [-0.25, -0.2) is 4.79 Å². The van der Waals surface area contributed by atoms with Gasteiger partial charge >= 0.3 is 5.97 Å². The van der Waals surface area contributed by atoms with Gasteiger partial charge < -0.3 is 15.2 Å². The van der Waals surface area contributed by atoms with E-state index in [0.717, 1.165) is 28.0 Å². The highest BCUT2D eigenvalue weighted by Crippen LogP contribution is 2.28. The molecule has 0 radical (unpaired) electrons. The van der Waals surface area contributed by atoms with Gasteiger partial charge in [-0.15, -0.1) is 12.4 Å². The molecule has 2 N–H and O–H groups in total. The lowest BCUT2D eigenvalue weighted by Crippen LogP contribution is -2.02. The van der Waals surface area contributed by atoms with E-state index in [-0.39, 0.29) is 24.1 Å². The molecule has 0 saturated heterocycles. The molecule has 3 rings (SSSR count). The zero-order chi connectivity index (χ0) is 16.4. The predicted molar refractivity (Wildman–Crippen MR) is 96.5 cm³/mol. The number of carbonyl (C=O) groups is 1. The summed E-state index contributed by atoms with van der Waals surface area (Å²) in [5.74, 6) is -0.178. The number of methoxy groups -OCH3 is 1. The minimum absolute atomic E-state index is 0. The number of pyridine rings is 1. The maximum atomic E-state index is 11.7. The highest BCUT2D eigenvalue weighted by atomic mass is 35.5. The topological polar surface area (TPSA) is 71.5 Å². The van der Waals surface area contributed by atoms with E-state index < -0.39 is 0 Å². The average Bonchev–Trinajstić information content (AvgIpc) is 2.55. The van der Waals surface area contributed by atoms with Gasteiger partial charge in [0.1, 0.15) is 5.75 Å². The maximum absolute atomic E-state index is 11.7. The number of halogens is 1. The molecule has 0 aliphatic rings. The summed E-state index contributed by atoms with van der Waals surface area (Å²) in [6.45, 7) is 1.91. The van der Waals surface area contributed by atoms with Crippen molar-refractivity contribution in [3.05, 3.63) is 59.8 Å². The molecule has 0 fully saturated rings. The summed E-state index contributed by atoms with van der Waals surface area (Å²) in [6.07, 6.45) is 0. The molecule has 0 unspecified atom stereocenters. The van der Waals surface area contributed by atoms with E-state index in [9.17, 15) is 9.90 Å². The molecule has 3 aromatic rings. The van der Waals surface area contributed by atoms with E-state index in [0.29, 0.717) is 5.56 Å². The van der Waals surface area contributed by atoms with Crippen LogP contribution < -0.4 is 5.32 Å². The Kier molecular flexibility index (Phi) is 5.26. The summed E-state index contributed by atoms with van der Waals surface area (Å²) in [5, 5.41) is 13.5. The third kappa shape index (κ3) is 3.58. The molecule has 6 heteroatoms. The van der Waals surface area contributed by atoms with Gasteiger partial charge in [-0.2, -0.15) is 0 Å². The molecule has 1 aromatic heterocycles. The Morgan fingerprint density at radius 3 is 2.50 bits per heavy atom. The van der Waals surface area contributed by atoms with Crippen LogP contribution in [0.3, 0.4) is 0 Å². The standard InChI is InChI=1S/C18H16N2O3.ClH/c1-11-9-17(20-13-4-6-14(21)7-5-13)15-10-12(18(22)23-2)3-8-16(15)19-11;/h3-10,21H,1-2H3,(H,19,20);1H. The summed E-state index contributed by atoms with van der Waals surface area (Å²) < 4.78 is 4.77. The van der Waals surface area contributed by atoms with Crippen molar-refractivity contribution in [3.8, 4) is 5.75 Å². The fraction of sp³-hybridized carbons (Fsp3) is 0.111. The van der Waals surface area contributed by atoms with E-state index in [1.54, 1.807) is 42.5 Å². The van der Waals surface area contributed by atoms with Crippen LogP contribution in [-0.4, -0.2) is 23.2 Å². The number of fused-ring (bicyclic) bond motifs is 1. The number of nitrogens with one attached hydrogen (secondary N) is 1. The summed E-state index contributed by atoms with van der Waals surface area (Å²) in [7, 11) is 1.36. The third-order valence-corrected chi connectivity index (χ3v) is 3.50. The molecular formula is C18H17ClN2O3. The number of hydrogen-bond acceptors (Lipinski definition) is 5. The van der Waals surface area contributed by atoms with Gasteiger partial charge in [-0.1, -0.05) is 0 Å². The number of benzene rings is 2. The molecule has 0 saturated carbocycles. The second-order valence-electron chi connectivity index (χ2n) is 5.21. The van der Waals surface area contributed by atoms with Gasteiger partial charge in [-0.3, -0.25) is 4.98 Å². The van der Waals surface area contributed by atoms with Gasteiger partial charge in [0.05, 0.1) is 18.2 Å². The van der Waals surface area contributed by atoms with Gasteiger partial charge in [0.2, 0.25) is 0 Å². The Labute approximate surface area is 145 Å². The first kappa shape index (κ1) is 17.6. The molecule has 5 nitrogen and oxygen atoms in total. The van der Waals surface area contributed by atoms with Crippen LogP contribution in [0, 0.1) is 6.92 Å². The SMILES string of the molecule is COC(=O)c1ccc2nc(C)cc(Nc3ccc(O)cc3)c2c1.Cl. The lowest BCUT2D eigenvalue weighted by molar-refractivity contribution is 0.0601. The Bertz CT molecular complexity index is 879. The van der Waals surface area contributed by atoms with Crippen molar-refractivity contribution in [2.24, 2.45) is 0 Å². The minimum Gasteiger partial charge on any atom is -0.508 e. The number of carbonyl (C=O) groups excluding carboxylic acids is 1. The third-order valence-electron chi connectivity index (χ3n) is 3.50. The number of ether oxygens (including phenoxy) is 1. The first-order chi connectivity index (χ1) is 11.1. The van der Waals surface area contributed by atoms with Crippen LogP contribution in [0.2, 0.25) is 0 Å². The van der Waals surface area contributed by atoms with E-state index in [1.807, 2.05) is 13.0 Å². The molecular weight excluding hydrogens is 328 g/mol. The molecule has 0 spiro atoms. The summed E-state index contributed by atoms with van der Waals surface area (Å²) in [4.78, 5) is 16.2. The molecule has 0 aliphatic heterocycles. The van der Waals surface area contributed by atoms with Crippen molar-refractivity contribution in [1.29, 1.82) is 0 Å². The summed E-state index contributed by atoms with van der Waals surface area (Å²) in [6, 6.07) is 14.0. The number of aromatic hydroxyl groups is 1. The van der Waals surface area contributed by atoms with Crippen LogP contribution in [-0.2, 0) is 4.74 Å². The van der Waals surface area contributed by atoms with E-state index >= 15 is 0 Å². The monoisotopic (exact) mass is 344 g/mol. The Balaban J connectivity index is 0.00000208. The molecule has 0 atom stereocenters. The van der Waals surface area contributed by atoms with Crippen molar-refractivity contribution in [2.45, 2.75) is 6.92 Å². The van der Waals surface area contributed by atoms with Crippen LogP contribution in [0.15, 0.2) is 48.5 Å². The fourth-order valence-electron chi connectivity index (χ4n) is 2.41. The number of nitrogens with zero attached hydrogens (tertiary/aromatic N) is 1. The normalized spacial score (nSPS) is 10.1. The predicted octanol–water partition coefficient (Wildman–Crippen LogP) is 4.20. The van der Waals surface area contributed by atoms with Crippen molar-refractivity contribution in [2.75, 3.05) is 12.4 Å². The molecule has 124 valence electrons. The van der Waals surface area contributed by atoms with E-state index in [1.165, 1.54) is 7.11 Å². The number of aromatic nitrogens is 1. The fourth-order valence-corrected chi connectivity index (χ4v) is 2.41. The molecule has 24 heavy (non-hydrogen) atoms.